The fraction of sp³-hybridized carbons (Fsp3) is 0.278. The molecule has 0 aliphatic carbocycles. The number of rotatable bonds is 6. The number of carbonyl (C=O) groups is 1. The Kier molecular flexibility index (Phi) is 5.88. The predicted octanol–water partition coefficient (Wildman–Crippen LogP) is 3.82. The third-order valence-corrected chi connectivity index (χ3v) is 5.69. The van der Waals surface area contributed by atoms with Gasteiger partial charge in [0.05, 0.1) is 12.5 Å². The van der Waals surface area contributed by atoms with Crippen LogP contribution in [0.5, 0.6) is 11.5 Å². The molecule has 1 saturated heterocycles. The standard InChI is InChI=1S/C18H18BrNO4S/c1-23-16-7-2-11(17-20-15(10-25-17)18(21)22)8-12(16)9-24-14-5-3-13(19)4-6-14/h2-8,15,17,20H,9-10H2,1H3,(H,21,22)/t15-,17+/m0/s1. The second-order valence-electron chi connectivity index (χ2n) is 5.58. The lowest BCUT2D eigenvalue weighted by atomic mass is 10.1. The summed E-state index contributed by atoms with van der Waals surface area (Å²) in [5.74, 6) is 1.26. The van der Waals surface area contributed by atoms with Crippen molar-refractivity contribution in [1.82, 2.24) is 5.32 Å². The summed E-state index contributed by atoms with van der Waals surface area (Å²) in [7, 11) is 1.63. The Morgan fingerprint density at radius 2 is 2.08 bits per heavy atom. The Morgan fingerprint density at radius 1 is 1.32 bits per heavy atom. The summed E-state index contributed by atoms with van der Waals surface area (Å²) < 4.78 is 12.3. The first kappa shape index (κ1) is 18.1. The van der Waals surface area contributed by atoms with Gasteiger partial charge in [-0.2, -0.15) is 0 Å². The van der Waals surface area contributed by atoms with Gasteiger partial charge in [-0.15, -0.1) is 11.8 Å². The molecule has 132 valence electrons. The monoisotopic (exact) mass is 423 g/mol. The van der Waals surface area contributed by atoms with Crippen LogP contribution in [0.4, 0.5) is 0 Å². The minimum Gasteiger partial charge on any atom is -0.496 e. The smallest absolute Gasteiger partial charge is 0.321 e. The van der Waals surface area contributed by atoms with E-state index < -0.39 is 12.0 Å². The van der Waals surface area contributed by atoms with Crippen molar-refractivity contribution in [2.24, 2.45) is 0 Å². The number of ether oxygens (including phenoxy) is 2. The zero-order chi connectivity index (χ0) is 17.8. The SMILES string of the molecule is COc1ccc([C@@H]2N[C@H](C(=O)O)CS2)cc1COc1ccc(Br)cc1. The summed E-state index contributed by atoms with van der Waals surface area (Å²) in [6, 6.07) is 13.0. The highest BCUT2D eigenvalue weighted by atomic mass is 79.9. The van der Waals surface area contributed by atoms with Crippen molar-refractivity contribution in [2.45, 2.75) is 18.0 Å². The molecule has 0 bridgehead atoms. The van der Waals surface area contributed by atoms with Crippen molar-refractivity contribution < 1.29 is 19.4 Å². The minimum atomic E-state index is -0.817. The molecule has 7 heteroatoms. The second-order valence-corrected chi connectivity index (χ2v) is 7.64. The Hall–Kier alpha value is -1.70. The van der Waals surface area contributed by atoms with Gasteiger partial charge in [0, 0.05) is 15.8 Å². The quantitative estimate of drug-likeness (QED) is 0.735. The molecule has 0 aromatic heterocycles. The first-order valence-corrected chi connectivity index (χ1v) is 9.56. The van der Waals surface area contributed by atoms with Crippen LogP contribution in [-0.2, 0) is 11.4 Å². The molecule has 5 nitrogen and oxygen atoms in total. The maximum absolute atomic E-state index is 11.1. The summed E-state index contributed by atoms with van der Waals surface area (Å²) in [4.78, 5) is 11.1. The summed E-state index contributed by atoms with van der Waals surface area (Å²) in [5, 5.41) is 12.2. The predicted molar refractivity (Wildman–Crippen MR) is 101 cm³/mol. The van der Waals surface area contributed by atoms with Crippen molar-refractivity contribution in [1.29, 1.82) is 0 Å². The molecular weight excluding hydrogens is 406 g/mol. The fourth-order valence-corrected chi connectivity index (χ4v) is 4.06. The average Bonchev–Trinajstić information content (AvgIpc) is 3.11. The second kappa shape index (κ2) is 8.12. The molecule has 0 spiro atoms. The summed E-state index contributed by atoms with van der Waals surface area (Å²) in [6.07, 6.45) is 0. The molecule has 2 N–H and O–H groups in total. The molecule has 2 aromatic rings. The van der Waals surface area contributed by atoms with Crippen LogP contribution in [0.15, 0.2) is 46.9 Å². The summed E-state index contributed by atoms with van der Waals surface area (Å²) >= 11 is 4.99. The van der Waals surface area contributed by atoms with Gasteiger partial charge in [-0.1, -0.05) is 22.0 Å². The van der Waals surface area contributed by atoms with Gasteiger partial charge in [0.1, 0.15) is 24.1 Å². The van der Waals surface area contributed by atoms with E-state index in [9.17, 15) is 4.79 Å². The Morgan fingerprint density at radius 3 is 2.72 bits per heavy atom. The van der Waals surface area contributed by atoms with Gasteiger partial charge in [-0.3, -0.25) is 10.1 Å². The first-order valence-electron chi connectivity index (χ1n) is 7.72. The molecule has 1 aliphatic rings. The van der Waals surface area contributed by atoms with E-state index in [0.29, 0.717) is 12.4 Å². The van der Waals surface area contributed by atoms with Gasteiger partial charge in [0.2, 0.25) is 0 Å². The average molecular weight is 424 g/mol. The number of carboxylic acid groups (broad SMARTS) is 1. The van der Waals surface area contributed by atoms with Gasteiger partial charge in [-0.05, 0) is 42.0 Å². The van der Waals surface area contributed by atoms with Gasteiger partial charge in [-0.25, -0.2) is 0 Å². The number of thioether (sulfide) groups is 1. The highest BCUT2D eigenvalue weighted by Gasteiger charge is 2.30. The molecule has 0 radical (unpaired) electrons. The minimum absolute atomic E-state index is 0.0431. The number of hydrogen-bond acceptors (Lipinski definition) is 5. The number of carboxylic acids is 1. The van der Waals surface area contributed by atoms with Gasteiger partial charge in [0.15, 0.2) is 0 Å². The van der Waals surface area contributed by atoms with E-state index in [-0.39, 0.29) is 5.37 Å². The highest BCUT2D eigenvalue weighted by molar-refractivity contribution is 9.10. The van der Waals surface area contributed by atoms with Crippen molar-refractivity contribution in [3.63, 3.8) is 0 Å². The maximum Gasteiger partial charge on any atom is 0.321 e. The summed E-state index contributed by atoms with van der Waals surface area (Å²) in [6.45, 7) is 0.373. The molecule has 2 aromatic carbocycles. The van der Waals surface area contributed by atoms with E-state index in [2.05, 4.69) is 21.2 Å². The lowest BCUT2D eigenvalue weighted by Crippen LogP contribution is -2.33. The molecule has 25 heavy (non-hydrogen) atoms. The number of hydrogen-bond donors (Lipinski definition) is 2. The van der Waals surface area contributed by atoms with Gasteiger partial charge < -0.3 is 14.6 Å². The topological polar surface area (TPSA) is 67.8 Å². The number of halogens is 1. The highest BCUT2D eigenvalue weighted by Crippen LogP contribution is 2.35. The molecule has 0 unspecified atom stereocenters. The number of benzene rings is 2. The molecule has 1 fully saturated rings. The lowest BCUT2D eigenvalue weighted by Gasteiger charge is -2.16. The normalized spacial score (nSPS) is 19.6. The van der Waals surface area contributed by atoms with Crippen LogP contribution in [0.3, 0.4) is 0 Å². The fourth-order valence-electron chi connectivity index (χ4n) is 2.57. The zero-order valence-electron chi connectivity index (χ0n) is 13.6. The Labute approximate surface area is 158 Å². The van der Waals surface area contributed by atoms with Crippen LogP contribution in [0.25, 0.3) is 0 Å². The molecule has 0 saturated carbocycles. The molecular formula is C18H18BrNO4S. The maximum atomic E-state index is 11.1. The van der Waals surface area contributed by atoms with Crippen LogP contribution in [0.1, 0.15) is 16.5 Å². The molecule has 3 rings (SSSR count). The van der Waals surface area contributed by atoms with E-state index in [0.717, 1.165) is 27.1 Å². The van der Waals surface area contributed by atoms with E-state index in [1.54, 1.807) is 18.9 Å². The Balaban J connectivity index is 1.74. The third kappa shape index (κ3) is 4.48. The molecule has 2 atom stereocenters. The van der Waals surface area contributed by atoms with Crippen LogP contribution < -0.4 is 14.8 Å². The van der Waals surface area contributed by atoms with E-state index in [1.807, 2.05) is 42.5 Å². The number of methoxy groups -OCH3 is 1. The van der Waals surface area contributed by atoms with Gasteiger partial charge >= 0.3 is 5.97 Å². The van der Waals surface area contributed by atoms with E-state index >= 15 is 0 Å². The summed E-state index contributed by atoms with van der Waals surface area (Å²) in [5.41, 5.74) is 1.94. The van der Waals surface area contributed by atoms with Crippen molar-refractivity contribution in [3.8, 4) is 11.5 Å². The first-order chi connectivity index (χ1) is 12.1. The molecule has 1 aliphatic heterocycles. The lowest BCUT2D eigenvalue weighted by molar-refractivity contribution is -0.138. The molecule has 0 amide bonds. The van der Waals surface area contributed by atoms with E-state index in [4.69, 9.17) is 14.6 Å². The van der Waals surface area contributed by atoms with Crippen LogP contribution in [0.2, 0.25) is 0 Å². The van der Waals surface area contributed by atoms with Crippen molar-refractivity contribution >= 4 is 33.7 Å². The van der Waals surface area contributed by atoms with Crippen molar-refractivity contribution in [2.75, 3.05) is 12.9 Å². The number of aliphatic carboxylic acids is 1. The number of nitrogens with one attached hydrogen (secondary N) is 1. The van der Waals surface area contributed by atoms with Crippen LogP contribution in [-0.4, -0.2) is 30.0 Å². The van der Waals surface area contributed by atoms with E-state index in [1.165, 1.54) is 0 Å². The zero-order valence-corrected chi connectivity index (χ0v) is 16.0. The van der Waals surface area contributed by atoms with Gasteiger partial charge in [0.25, 0.3) is 0 Å². The third-order valence-electron chi connectivity index (χ3n) is 3.90. The Bertz CT molecular complexity index is 753. The van der Waals surface area contributed by atoms with Crippen LogP contribution in [0, 0.1) is 0 Å². The van der Waals surface area contributed by atoms with Crippen LogP contribution >= 0.6 is 27.7 Å². The molecule has 1 heterocycles. The largest absolute Gasteiger partial charge is 0.496 e. The van der Waals surface area contributed by atoms with Crippen molar-refractivity contribution in [3.05, 3.63) is 58.1 Å².